The SMILES string of the molecule is C=C(/C=C(/C)Nc1cccc(CNC(=O)OC(C)(C)C)c1)C(F)(F)F.O=CO. The maximum absolute atomic E-state index is 12.5. The van der Waals surface area contributed by atoms with Crippen LogP contribution in [0.1, 0.15) is 33.3 Å². The Morgan fingerprint density at radius 1 is 1.29 bits per heavy atom. The van der Waals surface area contributed by atoms with Crippen LogP contribution in [0.5, 0.6) is 0 Å². The van der Waals surface area contributed by atoms with Crippen molar-refractivity contribution in [3.63, 3.8) is 0 Å². The summed E-state index contributed by atoms with van der Waals surface area (Å²) in [5, 5.41) is 12.4. The minimum atomic E-state index is -4.46. The summed E-state index contributed by atoms with van der Waals surface area (Å²) in [6.07, 6.45) is -4.06. The van der Waals surface area contributed by atoms with Crippen LogP contribution < -0.4 is 10.6 Å². The van der Waals surface area contributed by atoms with E-state index >= 15 is 0 Å². The first kappa shape index (κ1) is 25.0. The van der Waals surface area contributed by atoms with Crippen molar-refractivity contribution in [2.75, 3.05) is 5.32 Å². The molecule has 28 heavy (non-hydrogen) atoms. The lowest BCUT2D eigenvalue weighted by Crippen LogP contribution is -2.32. The quantitative estimate of drug-likeness (QED) is 0.484. The first-order valence-electron chi connectivity index (χ1n) is 8.13. The van der Waals surface area contributed by atoms with E-state index in [9.17, 15) is 18.0 Å². The Bertz CT molecular complexity index is 708. The number of alkyl carbamates (subject to hydrolysis) is 1. The number of carboxylic acid groups (broad SMARTS) is 1. The second kappa shape index (κ2) is 11.0. The van der Waals surface area contributed by atoms with Gasteiger partial charge in [-0.3, -0.25) is 4.79 Å². The van der Waals surface area contributed by atoms with Crippen LogP contribution in [0, 0.1) is 0 Å². The van der Waals surface area contributed by atoms with E-state index in [2.05, 4.69) is 17.2 Å². The summed E-state index contributed by atoms with van der Waals surface area (Å²) in [4.78, 5) is 20.0. The fraction of sp³-hybridized carbons (Fsp3) is 0.368. The van der Waals surface area contributed by atoms with Crippen LogP contribution in [0.2, 0.25) is 0 Å². The Labute approximate surface area is 162 Å². The van der Waals surface area contributed by atoms with Gasteiger partial charge in [0, 0.05) is 17.9 Å². The summed E-state index contributed by atoms with van der Waals surface area (Å²) in [6, 6.07) is 6.96. The Morgan fingerprint density at radius 2 is 1.86 bits per heavy atom. The van der Waals surface area contributed by atoms with Crippen molar-refractivity contribution in [3.8, 4) is 0 Å². The van der Waals surface area contributed by atoms with E-state index < -0.39 is 23.4 Å². The van der Waals surface area contributed by atoms with Crippen molar-refractivity contribution < 1.29 is 32.6 Å². The number of hydrogen-bond donors (Lipinski definition) is 3. The van der Waals surface area contributed by atoms with Gasteiger partial charge in [0.2, 0.25) is 0 Å². The minimum Gasteiger partial charge on any atom is -0.483 e. The van der Waals surface area contributed by atoms with Gasteiger partial charge < -0.3 is 20.5 Å². The molecule has 0 saturated heterocycles. The molecule has 3 N–H and O–H groups in total. The maximum Gasteiger partial charge on any atom is 0.415 e. The molecule has 0 aliphatic heterocycles. The molecule has 0 spiro atoms. The monoisotopic (exact) mass is 402 g/mol. The van der Waals surface area contributed by atoms with Gasteiger partial charge in [-0.05, 0) is 51.5 Å². The average Bonchev–Trinajstić information content (AvgIpc) is 2.51. The number of halogens is 3. The highest BCUT2D eigenvalue weighted by atomic mass is 19.4. The lowest BCUT2D eigenvalue weighted by molar-refractivity contribution is -0.122. The standard InChI is InChI=1S/C18H23F3N2O2.CH2O2/c1-12(18(19,20)21)9-13(2)23-15-8-6-7-14(10-15)11-22-16(24)25-17(3,4)5;2-1-3/h6-10,23H,1,11H2,2-5H3,(H,22,24);1H,(H,2,3)/b13-9-;. The molecule has 1 aromatic rings. The third-order valence-electron chi connectivity index (χ3n) is 2.86. The van der Waals surface area contributed by atoms with E-state index in [1.165, 1.54) is 6.92 Å². The van der Waals surface area contributed by atoms with Crippen LogP contribution in [0.4, 0.5) is 23.7 Å². The first-order chi connectivity index (χ1) is 12.8. The number of benzene rings is 1. The third-order valence-corrected chi connectivity index (χ3v) is 2.86. The van der Waals surface area contributed by atoms with E-state index in [1.54, 1.807) is 45.0 Å². The number of hydrogen-bond acceptors (Lipinski definition) is 4. The molecule has 0 unspecified atom stereocenters. The van der Waals surface area contributed by atoms with Crippen molar-refractivity contribution >= 4 is 18.3 Å². The number of allylic oxidation sites excluding steroid dienone is 3. The number of rotatable bonds is 5. The molecule has 0 radical (unpaired) electrons. The summed E-state index contributed by atoms with van der Waals surface area (Å²) in [7, 11) is 0. The third kappa shape index (κ3) is 11.6. The molecule has 9 heteroatoms. The number of alkyl halides is 3. The largest absolute Gasteiger partial charge is 0.483 e. The molecule has 0 aliphatic carbocycles. The smallest absolute Gasteiger partial charge is 0.415 e. The zero-order valence-electron chi connectivity index (χ0n) is 16.2. The lowest BCUT2D eigenvalue weighted by atomic mass is 10.2. The molecule has 0 atom stereocenters. The van der Waals surface area contributed by atoms with E-state index in [1.807, 2.05) is 0 Å². The van der Waals surface area contributed by atoms with Crippen molar-refractivity contribution in [1.82, 2.24) is 5.32 Å². The minimum absolute atomic E-state index is 0.239. The summed E-state index contributed by atoms with van der Waals surface area (Å²) < 4.78 is 42.6. The summed E-state index contributed by atoms with van der Waals surface area (Å²) in [5.74, 6) is 0. The second-order valence-electron chi connectivity index (χ2n) is 6.64. The van der Waals surface area contributed by atoms with Crippen LogP contribution >= 0.6 is 0 Å². The molecule has 1 rings (SSSR count). The lowest BCUT2D eigenvalue weighted by Gasteiger charge is -2.19. The van der Waals surface area contributed by atoms with Gasteiger partial charge in [-0.25, -0.2) is 4.79 Å². The number of ether oxygens (including phenoxy) is 1. The highest BCUT2D eigenvalue weighted by molar-refractivity contribution is 5.67. The van der Waals surface area contributed by atoms with Crippen molar-refractivity contribution in [2.45, 2.75) is 46.0 Å². The Hall–Kier alpha value is -2.97. The molecule has 0 fully saturated rings. The Morgan fingerprint density at radius 3 is 2.36 bits per heavy atom. The zero-order valence-corrected chi connectivity index (χ0v) is 16.2. The van der Waals surface area contributed by atoms with E-state index in [4.69, 9.17) is 14.6 Å². The Kier molecular flexibility index (Phi) is 9.84. The fourth-order valence-electron chi connectivity index (χ4n) is 1.85. The highest BCUT2D eigenvalue weighted by Gasteiger charge is 2.30. The number of carbonyl (C=O) groups is 2. The topological polar surface area (TPSA) is 87.7 Å². The molecule has 0 saturated carbocycles. The van der Waals surface area contributed by atoms with E-state index in [0.717, 1.165) is 11.6 Å². The van der Waals surface area contributed by atoms with Gasteiger partial charge in [-0.1, -0.05) is 18.7 Å². The van der Waals surface area contributed by atoms with Crippen LogP contribution in [0.15, 0.2) is 48.2 Å². The second-order valence-corrected chi connectivity index (χ2v) is 6.64. The van der Waals surface area contributed by atoms with Crippen LogP contribution in [-0.2, 0) is 16.1 Å². The molecular weight excluding hydrogens is 377 g/mol. The molecule has 1 aromatic carbocycles. The van der Waals surface area contributed by atoms with Gasteiger partial charge in [-0.2, -0.15) is 13.2 Å². The van der Waals surface area contributed by atoms with Gasteiger partial charge in [0.25, 0.3) is 6.47 Å². The maximum atomic E-state index is 12.5. The van der Waals surface area contributed by atoms with E-state index in [0.29, 0.717) is 11.4 Å². The van der Waals surface area contributed by atoms with Gasteiger partial charge in [0.15, 0.2) is 0 Å². The Balaban J connectivity index is 0.00000227. The molecule has 6 nitrogen and oxygen atoms in total. The predicted molar refractivity (Wildman–Crippen MR) is 101 cm³/mol. The molecule has 0 bridgehead atoms. The van der Waals surface area contributed by atoms with Crippen molar-refractivity contribution in [2.24, 2.45) is 0 Å². The summed E-state index contributed by atoms with van der Waals surface area (Å²) in [5.41, 5.74) is 0.168. The number of amides is 1. The predicted octanol–water partition coefficient (Wildman–Crippen LogP) is 4.85. The van der Waals surface area contributed by atoms with Gasteiger partial charge in [0.05, 0.1) is 5.57 Å². The van der Waals surface area contributed by atoms with Gasteiger partial charge in [-0.15, -0.1) is 0 Å². The van der Waals surface area contributed by atoms with Gasteiger partial charge in [0.1, 0.15) is 5.60 Å². The summed E-state index contributed by atoms with van der Waals surface area (Å²) in [6.45, 7) is 9.80. The number of anilines is 1. The molecule has 0 aromatic heterocycles. The van der Waals surface area contributed by atoms with Crippen molar-refractivity contribution in [1.29, 1.82) is 0 Å². The van der Waals surface area contributed by atoms with E-state index in [-0.39, 0.29) is 13.0 Å². The fourth-order valence-corrected chi connectivity index (χ4v) is 1.85. The highest BCUT2D eigenvalue weighted by Crippen LogP contribution is 2.26. The number of carbonyl (C=O) groups excluding carboxylic acids is 1. The van der Waals surface area contributed by atoms with Crippen molar-refractivity contribution in [3.05, 3.63) is 53.8 Å². The van der Waals surface area contributed by atoms with Crippen LogP contribution in [0.25, 0.3) is 0 Å². The molecule has 1 amide bonds. The van der Waals surface area contributed by atoms with Crippen LogP contribution in [0.3, 0.4) is 0 Å². The molecule has 0 aliphatic rings. The molecule has 0 heterocycles. The average molecular weight is 402 g/mol. The van der Waals surface area contributed by atoms with Gasteiger partial charge >= 0.3 is 12.3 Å². The summed E-state index contributed by atoms with van der Waals surface area (Å²) >= 11 is 0. The zero-order chi connectivity index (χ0) is 22.0. The normalized spacial score (nSPS) is 11.6. The molecule has 156 valence electrons. The van der Waals surface area contributed by atoms with Crippen LogP contribution in [-0.4, -0.2) is 29.4 Å². The first-order valence-corrected chi connectivity index (χ1v) is 8.13. The number of nitrogens with one attached hydrogen (secondary N) is 2. The molecular formula is C19H25F3N2O4.